The molecule has 2 heterocycles. The Morgan fingerprint density at radius 3 is 2.04 bits per heavy atom. The molecule has 3 amide bonds. The lowest BCUT2D eigenvalue weighted by Gasteiger charge is -2.29. The first kappa shape index (κ1) is 34.9. The molecule has 3 rings (SSSR count). The molecule has 0 bridgehead atoms. The van der Waals surface area contributed by atoms with E-state index in [4.69, 9.17) is 42.5 Å². The van der Waals surface area contributed by atoms with Crippen LogP contribution < -0.4 is 15.0 Å². The van der Waals surface area contributed by atoms with Crippen molar-refractivity contribution in [2.24, 2.45) is 0 Å². The SMILES string of the molecule is CC(Oc1cc(C(=O)Nc2ccc(C(=O)O)nc2)nnc1N(C(=O)OC(C)(C)C)C(=O)OC(C)(C)C)c1c(Cl)ccc(F)c1Cl. The molecule has 0 aliphatic carbocycles. The van der Waals surface area contributed by atoms with Gasteiger partial charge in [0.05, 0.1) is 16.9 Å². The van der Waals surface area contributed by atoms with Gasteiger partial charge in [-0.25, -0.2) is 23.8 Å². The van der Waals surface area contributed by atoms with Crippen LogP contribution in [0.5, 0.6) is 5.75 Å². The molecule has 1 atom stereocenters. The fourth-order valence-electron chi connectivity index (χ4n) is 3.54. The van der Waals surface area contributed by atoms with Crippen molar-refractivity contribution in [1.29, 1.82) is 0 Å². The molecule has 240 valence electrons. The van der Waals surface area contributed by atoms with E-state index < -0.39 is 53.0 Å². The molecule has 0 saturated heterocycles. The summed E-state index contributed by atoms with van der Waals surface area (Å²) in [5.74, 6) is -3.79. The number of hydrogen-bond acceptors (Lipinski definition) is 10. The normalized spacial score (nSPS) is 12.1. The Hall–Kier alpha value is -4.56. The fourth-order valence-corrected chi connectivity index (χ4v) is 4.22. The summed E-state index contributed by atoms with van der Waals surface area (Å²) in [4.78, 5) is 55.1. The number of aromatic carboxylic acids is 1. The Bertz CT molecular complexity index is 1600. The van der Waals surface area contributed by atoms with Gasteiger partial charge in [-0.1, -0.05) is 23.2 Å². The summed E-state index contributed by atoms with van der Waals surface area (Å²) in [6.07, 6.45) is -2.42. The highest BCUT2D eigenvalue weighted by Crippen LogP contribution is 2.38. The van der Waals surface area contributed by atoms with Crippen LogP contribution >= 0.6 is 23.2 Å². The predicted molar refractivity (Wildman–Crippen MR) is 162 cm³/mol. The van der Waals surface area contributed by atoms with E-state index in [0.29, 0.717) is 4.90 Å². The van der Waals surface area contributed by atoms with E-state index in [0.717, 1.165) is 18.3 Å². The number of carboxylic acids is 1. The number of pyridine rings is 1. The van der Waals surface area contributed by atoms with E-state index in [1.165, 1.54) is 25.1 Å². The summed E-state index contributed by atoms with van der Waals surface area (Å²) in [5.41, 5.74) is -2.60. The van der Waals surface area contributed by atoms with E-state index >= 15 is 0 Å². The Morgan fingerprint density at radius 2 is 1.53 bits per heavy atom. The molecule has 0 radical (unpaired) electrons. The zero-order chi connectivity index (χ0) is 33.9. The Kier molecular flexibility index (Phi) is 10.6. The van der Waals surface area contributed by atoms with Crippen LogP contribution in [0.15, 0.2) is 36.5 Å². The van der Waals surface area contributed by atoms with Gasteiger partial charge in [0.1, 0.15) is 28.8 Å². The first-order valence-electron chi connectivity index (χ1n) is 13.2. The maximum atomic E-state index is 14.3. The quantitative estimate of drug-likeness (QED) is 0.247. The summed E-state index contributed by atoms with van der Waals surface area (Å²) >= 11 is 12.5. The van der Waals surface area contributed by atoms with Crippen LogP contribution in [-0.4, -0.2) is 55.6 Å². The van der Waals surface area contributed by atoms with E-state index in [1.54, 1.807) is 41.5 Å². The van der Waals surface area contributed by atoms with Crippen molar-refractivity contribution in [3.05, 3.63) is 69.3 Å². The molecule has 2 aromatic heterocycles. The van der Waals surface area contributed by atoms with E-state index in [9.17, 15) is 23.6 Å². The molecule has 1 unspecified atom stereocenters. The smallest absolute Gasteiger partial charge is 0.425 e. The summed E-state index contributed by atoms with van der Waals surface area (Å²) in [6.45, 7) is 10.9. The van der Waals surface area contributed by atoms with Gasteiger partial charge in [-0.15, -0.1) is 10.2 Å². The number of anilines is 2. The van der Waals surface area contributed by atoms with Crippen LogP contribution in [0.1, 0.15) is 81.1 Å². The van der Waals surface area contributed by atoms with Crippen molar-refractivity contribution >= 4 is 58.8 Å². The number of rotatable bonds is 7. The standard InChI is InChI=1S/C29H30Cl2FN5O8/c1-14(21-16(30)9-10-17(32)22(21)31)43-20-12-19(24(38)34-15-8-11-18(25(39)40)33-13-15)35-36-23(20)37(26(41)44-28(2,3)4)27(42)45-29(5,6)7/h8-14H,1-7H3,(H,34,38)(H,39,40). The Morgan fingerprint density at radius 1 is 0.933 bits per heavy atom. The number of carbonyl (C=O) groups excluding carboxylic acids is 3. The number of halogens is 3. The summed E-state index contributed by atoms with van der Waals surface area (Å²) in [6, 6.07) is 5.87. The van der Waals surface area contributed by atoms with Crippen LogP contribution in [0.25, 0.3) is 0 Å². The topological polar surface area (TPSA) is 170 Å². The molecule has 0 aliphatic heterocycles. The Balaban J connectivity index is 2.14. The highest BCUT2D eigenvalue weighted by molar-refractivity contribution is 6.36. The number of nitrogens with one attached hydrogen (secondary N) is 1. The largest absolute Gasteiger partial charge is 0.482 e. The third-order valence-corrected chi connectivity index (χ3v) is 6.08. The number of nitrogens with zero attached hydrogens (tertiary/aromatic N) is 4. The van der Waals surface area contributed by atoms with Gasteiger partial charge in [-0.05, 0) is 72.7 Å². The summed E-state index contributed by atoms with van der Waals surface area (Å²) < 4.78 is 31.2. The molecule has 2 N–H and O–H groups in total. The zero-order valence-corrected chi connectivity index (χ0v) is 26.8. The van der Waals surface area contributed by atoms with Gasteiger partial charge in [0.2, 0.25) is 5.82 Å². The maximum absolute atomic E-state index is 14.3. The van der Waals surface area contributed by atoms with Gasteiger partial charge in [0, 0.05) is 16.7 Å². The molecule has 0 saturated carbocycles. The van der Waals surface area contributed by atoms with Gasteiger partial charge >= 0.3 is 18.2 Å². The van der Waals surface area contributed by atoms with Gasteiger partial charge in [0.15, 0.2) is 11.4 Å². The van der Waals surface area contributed by atoms with Crippen LogP contribution in [-0.2, 0) is 9.47 Å². The molecule has 1 aromatic carbocycles. The molecule has 16 heteroatoms. The first-order chi connectivity index (χ1) is 20.8. The van der Waals surface area contributed by atoms with Crippen molar-refractivity contribution in [2.45, 2.75) is 65.8 Å². The van der Waals surface area contributed by atoms with Crippen molar-refractivity contribution < 1.29 is 42.9 Å². The second kappa shape index (κ2) is 13.6. The maximum Gasteiger partial charge on any atom is 0.425 e. The molecule has 0 aliphatic rings. The minimum atomic E-state index is -1.26. The third kappa shape index (κ3) is 9.22. The van der Waals surface area contributed by atoms with Gasteiger partial charge in [-0.3, -0.25) is 4.79 Å². The molecular formula is C29H30Cl2FN5O8. The van der Waals surface area contributed by atoms with E-state index in [-0.39, 0.29) is 38.4 Å². The second-order valence-electron chi connectivity index (χ2n) is 11.4. The van der Waals surface area contributed by atoms with Crippen molar-refractivity contribution in [1.82, 2.24) is 15.2 Å². The lowest BCUT2D eigenvalue weighted by atomic mass is 10.1. The number of imide groups is 1. The van der Waals surface area contributed by atoms with Crippen LogP contribution in [0.3, 0.4) is 0 Å². The van der Waals surface area contributed by atoms with E-state index in [2.05, 4.69) is 20.5 Å². The molecule has 0 fully saturated rings. The van der Waals surface area contributed by atoms with Gasteiger partial charge < -0.3 is 24.6 Å². The summed E-state index contributed by atoms with van der Waals surface area (Å²) in [7, 11) is 0. The van der Waals surface area contributed by atoms with Crippen LogP contribution in [0, 0.1) is 5.82 Å². The monoisotopic (exact) mass is 665 g/mol. The number of ether oxygens (including phenoxy) is 3. The van der Waals surface area contributed by atoms with Gasteiger partial charge in [-0.2, -0.15) is 4.90 Å². The number of carbonyl (C=O) groups is 4. The van der Waals surface area contributed by atoms with Crippen LogP contribution in [0.2, 0.25) is 10.0 Å². The third-order valence-electron chi connectivity index (χ3n) is 5.37. The summed E-state index contributed by atoms with van der Waals surface area (Å²) in [5, 5.41) is 19.0. The zero-order valence-electron chi connectivity index (χ0n) is 25.3. The molecular weight excluding hydrogens is 636 g/mol. The highest BCUT2D eigenvalue weighted by Gasteiger charge is 2.37. The number of aromatic nitrogens is 3. The van der Waals surface area contributed by atoms with E-state index in [1.807, 2.05) is 0 Å². The van der Waals surface area contributed by atoms with Crippen molar-refractivity contribution in [3.63, 3.8) is 0 Å². The van der Waals surface area contributed by atoms with Crippen LogP contribution in [0.4, 0.5) is 25.5 Å². The predicted octanol–water partition coefficient (Wildman–Crippen LogP) is 7.08. The molecule has 0 spiro atoms. The molecule has 13 nitrogen and oxygen atoms in total. The minimum Gasteiger partial charge on any atom is -0.482 e. The lowest BCUT2D eigenvalue weighted by molar-refractivity contribution is 0.0425. The fraction of sp³-hybridized carbons (Fsp3) is 0.345. The molecule has 45 heavy (non-hydrogen) atoms. The lowest BCUT2D eigenvalue weighted by Crippen LogP contribution is -2.44. The average Bonchev–Trinajstić information content (AvgIpc) is 2.90. The molecule has 3 aromatic rings. The first-order valence-corrected chi connectivity index (χ1v) is 14.0. The number of benzene rings is 1. The number of amides is 3. The second-order valence-corrected chi connectivity index (χ2v) is 12.2. The minimum absolute atomic E-state index is 0.0257. The Labute approximate surface area is 267 Å². The average molecular weight is 666 g/mol. The highest BCUT2D eigenvalue weighted by atomic mass is 35.5. The number of carboxylic acid groups (broad SMARTS) is 1. The van der Waals surface area contributed by atoms with Crippen molar-refractivity contribution in [2.75, 3.05) is 10.2 Å². The van der Waals surface area contributed by atoms with Gasteiger partial charge in [0.25, 0.3) is 5.91 Å². The number of hydrogen-bond donors (Lipinski definition) is 2. The van der Waals surface area contributed by atoms with Crippen molar-refractivity contribution in [3.8, 4) is 5.75 Å².